The zero-order valence-corrected chi connectivity index (χ0v) is 11.1. The topological polar surface area (TPSA) is 48.4 Å². The van der Waals surface area contributed by atoms with Crippen molar-refractivity contribution in [2.24, 2.45) is 0 Å². The van der Waals surface area contributed by atoms with Crippen LogP contribution in [0.15, 0.2) is 18.3 Å². The number of nitrogens with zero attached hydrogens (tertiary/aromatic N) is 1. The van der Waals surface area contributed by atoms with Gasteiger partial charge in [-0.25, -0.2) is 9.18 Å². The lowest BCUT2D eigenvalue weighted by molar-refractivity contribution is 0.0526. The number of fused-ring (bicyclic) bond motifs is 1. The van der Waals surface area contributed by atoms with Crippen LogP contribution in [0.5, 0.6) is 5.75 Å². The predicted molar refractivity (Wildman–Crippen MR) is 69.2 cm³/mol. The molecule has 1 heterocycles. The van der Waals surface area contributed by atoms with Crippen molar-refractivity contribution >= 4 is 28.5 Å². The molecule has 0 saturated heterocycles. The lowest BCUT2D eigenvalue weighted by atomic mass is 10.1. The van der Waals surface area contributed by atoms with Gasteiger partial charge < -0.3 is 9.47 Å². The first-order chi connectivity index (χ1) is 9.10. The minimum absolute atomic E-state index is 0.0531. The van der Waals surface area contributed by atoms with Gasteiger partial charge in [0, 0.05) is 6.20 Å². The summed E-state index contributed by atoms with van der Waals surface area (Å²) in [5.74, 6) is -0.790. The highest BCUT2D eigenvalue weighted by atomic mass is 35.5. The SMILES string of the molecule is CCOC(=O)c1cnc2c(F)ccc(OC)c2c1Cl. The molecule has 19 heavy (non-hydrogen) atoms. The lowest BCUT2D eigenvalue weighted by Crippen LogP contribution is -2.07. The van der Waals surface area contributed by atoms with Gasteiger partial charge >= 0.3 is 5.97 Å². The van der Waals surface area contributed by atoms with Crippen molar-refractivity contribution in [2.75, 3.05) is 13.7 Å². The van der Waals surface area contributed by atoms with Crippen molar-refractivity contribution in [3.05, 3.63) is 34.7 Å². The Kier molecular flexibility index (Phi) is 3.85. The largest absolute Gasteiger partial charge is 0.496 e. The number of halogens is 2. The summed E-state index contributed by atoms with van der Waals surface area (Å²) in [7, 11) is 1.43. The lowest BCUT2D eigenvalue weighted by Gasteiger charge is -2.10. The summed E-state index contributed by atoms with van der Waals surface area (Å²) in [5, 5.41) is 0.328. The van der Waals surface area contributed by atoms with E-state index in [1.807, 2.05) is 0 Å². The van der Waals surface area contributed by atoms with E-state index in [1.54, 1.807) is 6.92 Å². The van der Waals surface area contributed by atoms with Crippen LogP contribution in [-0.2, 0) is 4.74 Å². The number of carbonyl (C=O) groups excluding carboxylic acids is 1. The van der Waals surface area contributed by atoms with Crippen molar-refractivity contribution < 1.29 is 18.7 Å². The number of pyridine rings is 1. The highest BCUT2D eigenvalue weighted by Gasteiger charge is 2.19. The van der Waals surface area contributed by atoms with E-state index in [-0.39, 0.29) is 28.1 Å². The summed E-state index contributed by atoms with van der Waals surface area (Å²) < 4.78 is 23.6. The second-order valence-corrected chi connectivity index (χ2v) is 4.06. The van der Waals surface area contributed by atoms with Crippen molar-refractivity contribution in [3.63, 3.8) is 0 Å². The van der Waals surface area contributed by atoms with E-state index in [1.165, 1.54) is 25.4 Å². The molecule has 2 aromatic rings. The van der Waals surface area contributed by atoms with Crippen LogP contribution in [0.2, 0.25) is 5.02 Å². The minimum atomic E-state index is -0.604. The standard InChI is InChI=1S/C13H11ClFNO3/c1-3-19-13(17)7-6-16-12-8(15)4-5-9(18-2)10(12)11(7)14/h4-6H,3H2,1-2H3. The summed E-state index contributed by atoms with van der Waals surface area (Å²) in [5.41, 5.74) is 0.136. The van der Waals surface area contributed by atoms with Crippen LogP contribution in [0.3, 0.4) is 0 Å². The fraction of sp³-hybridized carbons (Fsp3) is 0.231. The van der Waals surface area contributed by atoms with Crippen molar-refractivity contribution in [2.45, 2.75) is 6.92 Å². The normalized spacial score (nSPS) is 10.5. The monoisotopic (exact) mass is 283 g/mol. The molecule has 0 saturated carbocycles. The van der Waals surface area contributed by atoms with E-state index in [0.29, 0.717) is 5.75 Å². The second kappa shape index (κ2) is 5.40. The third kappa shape index (κ3) is 2.33. The number of hydrogen-bond donors (Lipinski definition) is 0. The number of aromatic nitrogens is 1. The number of ether oxygens (including phenoxy) is 2. The molecule has 100 valence electrons. The first-order valence-corrected chi connectivity index (χ1v) is 5.95. The molecule has 0 unspecified atom stereocenters. The Morgan fingerprint density at radius 1 is 1.47 bits per heavy atom. The van der Waals surface area contributed by atoms with E-state index in [9.17, 15) is 9.18 Å². The molecular weight excluding hydrogens is 273 g/mol. The van der Waals surface area contributed by atoms with Crippen LogP contribution in [0.25, 0.3) is 10.9 Å². The molecule has 0 radical (unpaired) electrons. The Hall–Kier alpha value is -1.88. The van der Waals surface area contributed by atoms with Crippen molar-refractivity contribution in [1.29, 1.82) is 0 Å². The van der Waals surface area contributed by atoms with Gasteiger partial charge in [-0.3, -0.25) is 4.98 Å². The number of benzene rings is 1. The third-order valence-corrected chi connectivity index (χ3v) is 2.98. The number of carbonyl (C=O) groups is 1. The van der Waals surface area contributed by atoms with Crippen LogP contribution < -0.4 is 4.74 Å². The van der Waals surface area contributed by atoms with E-state index in [0.717, 1.165) is 0 Å². The first-order valence-electron chi connectivity index (χ1n) is 5.58. The Bertz CT molecular complexity index is 645. The maximum absolute atomic E-state index is 13.7. The smallest absolute Gasteiger partial charge is 0.341 e. The van der Waals surface area contributed by atoms with Gasteiger partial charge in [-0.15, -0.1) is 0 Å². The highest BCUT2D eigenvalue weighted by Crippen LogP contribution is 2.34. The van der Waals surface area contributed by atoms with Crippen LogP contribution in [0, 0.1) is 5.82 Å². The average Bonchev–Trinajstić information content (AvgIpc) is 2.40. The number of esters is 1. The number of hydrogen-bond acceptors (Lipinski definition) is 4. The average molecular weight is 284 g/mol. The molecule has 0 amide bonds. The van der Waals surface area contributed by atoms with E-state index >= 15 is 0 Å². The number of rotatable bonds is 3. The van der Waals surface area contributed by atoms with Crippen molar-refractivity contribution in [3.8, 4) is 5.75 Å². The molecule has 0 atom stereocenters. The molecule has 0 aliphatic rings. The van der Waals surface area contributed by atoms with Gasteiger partial charge in [0.15, 0.2) is 0 Å². The molecule has 0 aliphatic heterocycles. The molecule has 0 bridgehead atoms. The fourth-order valence-corrected chi connectivity index (χ4v) is 2.04. The summed E-state index contributed by atoms with van der Waals surface area (Å²) in [6.07, 6.45) is 1.20. The maximum Gasteiger partial charge on any atom is 0.341 e. The van der Waals surface area contributed by atoms with Crippen LogP contribution in [-0.4, -0.2) is 24.7 Å². The van der Waals surface area contributed by atoms with Gasteiger partial charge in [0.05, 0.1) is 29.7 Å². The van der Waals surface area contributed by atoms with Gasteiger partial charge in [0.1, 0.15) is 17.1 Å². The summed E-state index contributed by atoms with van der Waals surface area (Å²) >= 11 is 6.14. The van der Waals surface area contributed by atoms with Crippen LogP contribution in [0.1, 0.15) is 17.3 Å². The fourth-order valence-electron chi connectivity index (χ4n) is 1.73. The Labute approximate surface area is 114 Å². The van der Waals surface area contributed by atoms with Gasteiger partial charge in [0.2, 0.25) is 0 Å². The van der Waals surface area contributed by atoms with Gasteiger partial charge in [-0.1, -0.05) is 11.6 Å². The highest BCUT2D eigenvalue weighted by molar-refractivity contribution is 6.38. The first kappa shape index (κ1) is 13.5. The molecule has 2 rings (SSSR count). The summed E-state index contributed by atoms with van der Waals surface area (Å²) in [6, 6.07) is 2.66. The minimum Gasteiger partial charge on any atom is -0.496 e. The Balaban J connectivity index is 2.73. The molecule has 6 heteroatoms. The van der Waals surface area contributed by atoms with E-state index in [4.69, 9.17) is 21.1 Å². The molecule has 0 spiro atoms. The Morgan fingerprint density at radius 3 is 2.84 bits per heavy atom. The summed E-state index contributed by atoms with van der Waals surface area (Å²) in [4.78, 5) is 15.6. The predicted octanol–water partition coefficient (Wildman–Crippen LogP) is 3.21. The quantitative estimate of drug-likeness (QED) is 0.812. The van der Waals surface area contributed by atoms with Gasteiger partial charge in [0.25, 0.3) is 0 Å². The molecule has 1 aromatic heterocycles. The van der Waals surface area contributed by atoms with Gasteiger partial charge in [-0.05, 0) is 19.1 Å². The second-order valence-electron chi connectivity index (χ2n) is 3.68. The third-order valence-electron chi connectivity index (χ3n) is 2.58. The summed E-state index contributed by atoms with van der Waals surface area (Å²) in [6.45, 7) is 1.90. The molecule has 0 aliphatic carbocycles. The maximum atomic E-state index is 13.7. The van der Waals surface area contributed by atoms with Crippen LogP contribution in [0.4, 0.5) is 4.39 Å². The zero-order valence-electron chi connectivity index (χ0n) is 10.4. The molecular formula is C13H11ClFNO3. The van der Waals surface area contributed by atoms with Gasteiger partial charge in [-0.2, -0.15) is 0 Å². The molecule has 1 aromatic carbocycles. The Morgan fingerprint density at radius 2 is 2.21 bits per heavy atom. The molecule has 0 N–H and O–H groups in total. The van der Waals surface area contributed by atoms with Crippen LogP contribution >= 0.6 is 11.6 Å². The zero-order chi connectivity index (χ0) is 14.0. The number of methoxy groups -OCH3 is 1. The molecule has 0 fully saturated rings. The van der Waals surface area contributed by atoms with E-state index < -0.39 is 11.8 Å². The molecule has 4 nitrogen and oxygen atoms in total. The van der Waals surface area contributed by atoms with Crippen molar-refractivity contribution in [1.82, 2.24) is 4.98 Å². The van der Waals surface area contributed by atoms with E-state index in [2.05, 4.69) is 4.98 Å².